The molecule has 3 aromatic carbocycles. The van der Waals surface area contributed by atoms with Gasteiger partial charge in [0, 0.05) is 108 Å². The Balaban J connectivity index is 0.879. The van der Waals surface area contributed by atoms with E-state index in [0.717, 1.165) is 45.4 Å². The Bertz CT molecular complexity index is 5850. The molecule has 18 atom stereocenters. The van der Waals surface area contributed by atoms with E-state index >= 15 is 9.59 Å². The number of aromatic amines is 3. The van der Waals surface area contributed by atoms with Crippen LogP contribution in [0.2, 0.25) is 0 Å². The highest BCUT2D eigenvalue weighted by Gasteiger charge is 2.47. The fraction of sp³-hybridized carbons (Fsp3) is 0.531. The maximum atomic E-state index is 15.4. The zero-order valence-electron chi connectivity index (χ0n) is 81.4. The van der Waals surface area contributed by atoms with Crippen LogP contribution in [0.5, 0.6) is 0 Å². The molecule has 12 rings (SSSR count). The second-order valence-electron chi connectivity index (χ2n) is 37.5. The topological polar surface area (TPSA) is 675 Å². The highest BCUT2D eigenvalue weighted by atomic mass is 33.1. The lowest BCUT2D eigenvalue weighted by atomic mass is 9.96. The van der Waals surface area contributed by atoms with Gasteiger partial charge in [-0.25, -0.2) is 4.79 Å². The molecule has 3 aromatic heterocycles. The van der Waals surface area contributed by atoms with Gasteiger partial charge in [0.05, 0.1) is 52.3 Å². The van der Waals surface area contributed by atoms with Crippen molar-refractivity contribution in [2.24, 2.45) is 17.6 Å². The number of hydrogen-bond donors (Lipinski definition) is 21. The molecule has 6 aliphatic heterocycles. The van der Waals surface area contributed by atoms with Crippen molar-refractivity contribution in [1.82, 2.24) is 114 Å². The van der Waals surface area contributed by atoms with E-state index in [1.165, 1.54) is 16.7 Å². The summed E-state index contributed by atoms with van der Waals surface area (Å²) in [6, 6.07) is -4.66. The summed E-state index contributed by atoms with van der Waals surface area (Å²) in [5.41, 5.74) is 9.13. The first-order valence-electron chi connectivity index (χ1n) is 48.5. The minimum Gasteiger partial charge on any atom is -0.467 e. The van der Waals surface area contributed by atoms with Crippen molar-refractivity contribution >= 4 is 178 Å². The van der Waals surface area contributed by atoms with Crippen LogP contribution in [-0.4, -0.2) is 343 Å². The number of H-pyrrole nitrogens is 3. The van der Waals surface area contributed by atoms with Crippen molar-refractivity contribution < 1.29 is 116 Å². The second-order valence-corrected chi connectivity index (χ2v) is 40.0. The van der Waals surface area contributed by atoms with Crippen LogP contribution in [0.1, 0.15) is 135 Å². The Morgan fingerprint density at radius 1 is 0.421 bits per heavy atom. The number of aliphatic hydroxyl groups excluding tert-OH is 2. The number of ether oxygens (including phenoxy) is 1. The van der Waals surface area contributed by atoms with Gasteiger partial charge in [-0.2, -0.15) is 0 Å². The smallest absolute Gasteiger partial charge is 0.329 e. The number of rotatable bonds is 15. The molecular formula is C96H127N23O24S2. The molecule has 0 radical (unpaired) electrons. The van der Waals surface area contributed by atoms with Gasteiger partial charge in [0.15, 0.2) is 0 Å². The van der Waals surface area contributed by atoms with Crippen LogP contribution < -0.4 is 85.5 Å². The van der Waals surface area contributed by atoms with Crippen LogP contribution >= 0.6 is 21.6 Å². The van der Waals surface area contributed by atoms with Crippen molar-refractivity contribution in [3.05, 3.63) is 108 Å². The van der Waals surface area contributed by atoms with E-state index in [1.54, 1.807) is 119 Å². The first kappa shape index (κ1) is 110. The van der Waals surface area contributed by atoms with Crippen molar-refractivity contribution in [1.29, 1.82) is 0 Å². The average Bonchev–Trinajstić information content (AvgIpc) is 1.68. The molecule has 9 heterocycles. The average molecular weight is 2050 g/mol. The molecule has 49 heteroatoms. The molecule has 6 fully saturated rings. The number of carbonyl (C=O) groups excluding carboxylic acids is 21. The van der Waals surface area contributed by atoms with E-state index < -0.39 is 278 Å². The molecule has 0 aliphatic carbocycles. The lowest BCUT2D eigenvalue weighted by Crippen LogP contribution is -2.62. The number of hydrogen-bond acceptors (Lipinski definition) is 26. The van der Waals surface area contributed by atoms with Gasteiger partial charge >= 0.3 is 5.97 Å². The Morgan fingerprint density at radius 2 is 0.828 bits per heavy atom. The summed E-state index contributed by atoms with van der Waals surface area (Å²) in [6.45, 7) is 4.93. The molecule has 20 amide bonds. The number of aromatic nitrogens is 3. The summed E-state index contributed by atoms with van der Waals surface area (Å²) in [4.78, 5) is 322. The van der Waals surface area contributed by atoms with E-state index in [1.807, 2.05) is 0 Å². The van der Waals surface area contributed by atoms with Gasteiger partial charge in [-0.05, 0) is 118 Å². The Kier molecular flexibility index (Phi) is 38.4. The molecule has 6 saturated heterocycles. The van der Waals surface area contributed by atoms with Crippen LogP contribution in [0, 0.1) is 11.8 Å². The Hall–Kier alpha value is -14.2. The van der Waals surface area contributed by atoms with Crippen LogP contribution in [0.3, 0.4) is 0 Å². The highest BCUT2D eigenvalue weighted by molar-refractivity contribution is 8.76. The monoisotopic (exact) mass is 2050 g/mol. The number of nitrogens with zero attached hydrogens (tertiary/aromatic N) is 4. The van der Waals surface area contributed by atoms with Gasteiger partial charge in [-0.3, -0.25) is 95.9 Å². The second kappa shape index (κ2) is 50.8. The lowest BCUT2D eigenvalue weighted by Gasteiger charge is -2.32. The largest absolute Gasteiger partial charge is 0.467 e. The summed E-state index contributed by atoms with van der Waals surface area (Å²) in [7, 11) is 2.77. The molecule has 6 aromatic rings. The molecule has 0 unspecified atom stereocenters. The molecule has 0 spiro atoms. The lowest BCUT2D eigenvalue weighted by molar-refractivity contribution is -0.145. The zero-order chi connectivity index (χ0) is 105. The number of aliphatic hydroxyl groups is 2. The highest BCUT2D eigenvalue weighted by Crippen LogP contribution is 2.31. The first-order valence-corrected chi connectivity index (χ1v) is 51.0. The Labute approximate surface area is 841 Å². The molecular weight excluding hydrogens is 1920 g/mol. The van der Waals surface area contributed by atoms with Crippen molar-refractivity contribution in [2.45, 2.75) is 241 Å². The summed E-state index contributed by atoms with van der Waals surface area (Å²) in [5, 5.41) is 62.7. The number of primary amides is 1. The van der Waals surface area contributed by atoms with E-state index in [-0.39, 0.29) is 121 Å². The quantitative estimate of drug-likeness (QED) is 0.0341. The Morgan fingerprint density at radius 3 is 1.31 bits per heavy atom. The minimum absolute atomic E-state index is 0.000220. The number of nitrogens with two attached hydrogens (primary N) is 1. The maximum Gasteiger partial charge on any atom is 0.329 e. The standard InChI is InChI=1S/C96H127N23O24S2/c1-8-49(4)79-94(140)118-31-15-25-70(118)88(134)103-44-76(124)105-62(35-53-40-99-59-23-13-10-20-56(53)59)85(131)108-64(37-74(97)122)86(132)115-80(51(6)121)95(141)119-32-18-28-73(119)90(136)111-63(36-54-41-100-60-24-14-11-21-57(54)60)84(130)104-50(5)81(127)113-69(96(142)143-7)47-145-144-46-68-93(139)117-30-17-27-72(117)91(137)112-67(45-120)87(133)109-65(38-75(123)114-79)83(129)102-42-77(125)106-66(33-48(2)3)92(138)116-29-16-26-71(116)89(135)110-61(82(128)101-43-78(126)107-68)34-52-39-98-58-22-12-9-19-55(52)58/h9-14,19-24,39-41,48-51,61-73,79-80,98-100,120-121H,8,15-18,25-38,42-47H2,1-7H3,(H2,97,122)(H,101,128)(H,102,129)(H,103,134)(H,104,130)(H,105,124)(H,106,125)(H,107,126)(H,108,131)(H,109,133)(H,110,135)(H,111,136)(H,112,137)(H,113,127)(H,114,123)(H,115,132)/t49-,50-,51+,61-,62-,63-,64-,65-,66-,67-,68-,69-,70-,71-,72-,73-,79-,80-/m0/s1. The summed E-state index contributed by atoms with van der Waals surface area (Å²) >= 11 is 0. The van der Waals surface area contributed by atoms with Gasteiger partial charge in [-0.15, -0.1) is 0 Å². The molecule has 6 aliphatic rings. The number of methoxy groups -OCH3 is 1. The first-order chi connectivity index (χ1) is 69.3. The normalized spacial score (nSPS) is 27.0. The van der Waals surface area contributed by atoms with Gasteiger partial charge in [-0.1, -0.05) is 110 Å². The molecule has 47 nitrogen and oxygen atoms in total. The van der Waals surface area contributed by atoms with E-state index in [2.05, 4.69) is 94.7 Å². The number of carbonyl (C=O) groups is 21. The molecule has 2 bridgehead atoms. The molecule has 145 heavy (non-hydrogen) atoms. The summed E-state index contributed by atoms with van der Waals surface area (Å²) in [5.74, 6) is -23.0. The molecule has 0 saturated carbocycles. The fourth-order valence-electron chi connectivity index (χ4n) is 18.8. The number of esters is 1. The number of para-hydroxylation sites is 3. The summed E-state index contributed by atoms with van der Waals surface area (Å²) in [6.07, 6.45) is 1.16. The maximum absolute atomic E-state index is 15.4. The van der Waals surface area contributed by atoms with Crippen molar-refractivity contribution in [2.75, 3.05) is 71.0 Å². The third-order valence-corrected chi connectivity index (χ3v) is 29.1. The van der Waals surface area contributed by atoms with Crippen LogP contribution in [0.4, 0.5) is 0 Å². The predicted octanol–water partition coefficient (Wildman–Crippen LogP) is -4.38. The summed E-state index contributed by atoms with van der Waals surface area (Å²) < 4.78 is 5.12. The number of fused-ring (bicyclic) bond motifs is 12. The van der Waals surface area contributed by atoms with Gasteiger partial charge in [0.2, 0.25) is 118 Å². The fourth-order valence-corrected chi connectivity index (χ4v) is 21.1. The van der Waals surface area contributed by atoms with Gasteiger partial charge in [0.25, 0.3) is 0 Å². The van der Waals surface area contributed by atoms with Crippen LogP contribution in [-0.2, 0) is 125 Å². The van der Waals surface area contributed by atoms with Crippen LogP contribution in [0.25, 0.3) is 32.7 Å². The van der Waals surface area contributed by atoms with Crippen molar-refractivity contribution in [3.8, 4) is 0 Å². The number of benzene rings is 3. The van der Waals surface area contributed by atoms with E-state index in [9.17, 15) is 101 Å². The zero-order valence-corrected chi connectivity index (χ0v) is 83.0. The van der Waals surface area contributed by atoms with Gasteiger partial charge in [0.1, 0.15) is 96.7 Å². The van der Waals surface area contributed by atoms with Gasteiger partial charge < -0.3 is 135 Å². The minimum atomic E-state index is -2.06. The third-order valence-electron chi connectivity index (χ3n) is 26.6. The number of nitrogens with one attached hydrogen (secondary N) is 18. The molecule has 22 N–H and O–H groups in total. The van der Waals surface area contributed by atoms with E-state index in [0.29, 0.717) is 49.4 Å². The predicted molar refractivity (Wildman–Crippen MR) is 526 cm³/mol. The van der Waals surface area contributed by atoms with E-state index in [4.69, 9.17) is 10.5 Å². The third kappa shape index (κ3) is 28.3. The van der Waals surface area contributed by atoms with Crippen molar-refractivity contribution in [3.63, 3.8) is 0 Å². The molecule has 782 valence electrons. The SMILES string of the molecule is CC[C@H](C)[C@@H]1NC(=O)C[C@@H]2NC(=O)[C@H](CO)NC(=O)[C@@H]3CCCN3C(=O)[C@H](CSSC[C@@H](C(=O)OC)NC(=O)[C@H](C)NC(=O)[C@H](Cc3c[nH]c4ccccc34)NC(=O)[C@@H]3CCCN3C(=O)[C@H]([C@@H](C)O)NC(=O)[C@H](CC(N)=O)NC(=O)[C@H](Cc3c[nH]c4ccccc34)NC(=O)CNC(=O)[C@@H]3CCCN3C1=O)NC(=O)CNC(=O)[C@H](Cc1c[nH]c3ccccc13)NC(=O)[C@@H]1CCCN1C(=O)[C@H](CC(C)C)NC(=O)CNC2=O. The number of amides is 20. The van der Waals surface area contributed by atoms with Crippen LogP contribution in [0.15, 0.2) is 91.4 Å².